The van der Waals surface area contributed by atoms with Crippen LogP contribution in [0.1, 0.15) is 18.5 Å². The van der Waals surface area contributed by atoms with Crippen molar-refractivity contribution < 1.29 is 4.74 Å². The first kappa shape index (κ1) is 10.1. The van der Waals surface area contributed by atoms with Gasteiger partial charge in [-0.25, -0.2) is 5.43 Å². The fourth-order valence-electron chi connectivity index (χ4n) is 1.40. The summed E-state index contributed by atoms with van der Waals surface area (Å²) in [4.78, 5) is 4.05. The van der Waals surface area contributed by atoms with Crippen LogP contribution in [0.15, 0.2) is 17.0 Å². The van der Waals surface area contributed by atoms with Crippen molar-refractivity contribution in [2.75, 3.05) is 7.11 Å². The average molecular weight is 231 g/mol. The largest absolute Gasteiger partial charge is 0.495 e. The van der Waals surface area contributed by atoms with Crippen LogP contribution in [0, 0.1) is 0 Å². The van der Waals surface area contributed by atoms with Crippen LogP contribution >= 0.6 is 23.5 Å². The first-order valence-electron chi connectivity index (χ1n) is 4.27. The van der Waals surface area contributed by atoms with Gasteiger partial charge >= 0.3 is 0 Å². The number of benzene rings is 1. The number of nitrogens with one attached hydrogen (secondary N) is 2. The van der Waals surface area contributed by atoms with E-state index in [-0.39, 0.29) is 6.04 Å². The molecule has 0 amide bonds. The molecule has 1 heterocycles. The lowest BCUT2D eigenvalue weighted by Crippen LogP contribution is -2.32. The standard InChI is InChI=1S/C9H11ClN2OS/c1-5-6-3-4-7(13-2)8(10)9(6)14-12-11-5/h3-5,11-12H,1-2H3. The molecule has 0 saturated carbocycles. The number of rotatable bonds is 1. The maximum Gasteiger partial charge on any atom is 0.138 e. The molecule has 0 spiro atoms. The van der Waals surface area contributed by atoms with Gasteiger partial charge in [-0.1, -0.05) is 17.7 Å². The summed E-state index contributed by atoms with van der Waals surface area (Å²) < 4.78 is 5.15. The summed E-state index contributed by atoms with van der Waals surface area (Å²) in [6.07, 6.45) is 0. The highest BCUT2D eigenvalue weighted by atomic mass is 35.5. The molecule has 0 fully saturated rings. The van der Waals surface area contributed by atoms with Crippen molar-refractivity contribution in [3.63, 3.8) is 0 Å². The molecule has 1 aliphatic rings. The Hall–Kier alpha value is -0.420. The van der Waals surface area contributed by atoms with E-state index in [1.165, 1.54) is 17.5 Å². The molecule has 1 aromatic rings. The van der Waals surface area contributed by atoms with Gasteiger partial charge in [-0.3, -0.25) is 0 Å². The van der Waals surface area contributed by atoms with Crippen LogP contribution in [-0.2, 0) is 0 Å². The van der Waals surface area contributed by atoms with E-state index in [0.29, 0.717) is 10.8 Å². The third-order valence-electron chi connectivity index (χ3n) is 2.21. The highest BCUT2D eigenvalue weighted by Gasteiger charge is 2.20. The molecule has 1 atom stereocenters. The highest BCUT2D eigenvalue weighted by Crippen LogP contribution is 2.40. The maximum atomic E-state index is 6.18. The van der Waals surface area contributed by atoms with Crippen molar-refractivity contribution in [2.24, 2.45) is 0 Å². The normalized spacial score (nSPS) is 20.4. The average Bonchev–Trinajstić information content (AvgIpc) is 2.20. The van der Waals surface area contributed by atoms with Crippen molar-refractivity contribution in [1.82, 2.24) is 10.3 Å². The van der Waals surface area contributed by atoms with Gasteiger partial charge in [-0.2, -0.15) is 4.83 Å². The number of ether oxygens (including phenoxy) is 1. The smallest absolute Gasteiger partial charge is 0.138 e. The minimum Gasteiger partial charge on any atom is -0.495 e. The van der Waals surface area contributed by atoms with Crippen LogP contribution in [0.4, 0.5) is 0 Å². The number of fused-ring (bicyclic) bond motifs is 1. The summed E-state index contributed by atoms with van der Waals surface area (Å²) in [6.45, 7) is 2.08. The van der Waals surface area contributed by atoms with Gasteiger partial charge in [0, 0.05) is 6.04 Å². The molecule has 0 bridgehead atoms. The third-order valence-corrected chi connectivity index (χ3v) is 3.56. The molecule has 76 valence electrons. The highest BCUT2D eigenvalue weighted by molar-refractivity contribution is 7.97. The number of hydrazine groups is 1. The van der Waals surface area contributed by atoms with E-state index < -0.39 is 0 Å². The van der Waals surface area contributed by atoms with Crippen LogP contribution in [0.5, 0.6) is 5.75 Å². The molecule has 2 rings (SSSR count). The van der Waals surface area contributed by atoms with Gasteiger partial charge in [-0.15, -0.1) is 0 Å². The number of hydrogen-bond acceptors (Lipinski definition) is 4. The second-order valence-electron chi connectivity index (χ2n) is 3.07. The molecule has 5 heteroatoms. The molecule has 14 heavy (non-hydrogen) atoms. The quantitative estimate of drug-likeness (QED) is 0.727. The fourth-order valence-corrected chi connectivity index (χ4v) is 2.66. The van der Waals surface area contributed by atoms with Crippen molar-refractivity contribution in [3.8, 4) is 5.75 Å². The minimum atomic E-state index is 0.259. The molecule has 2 N–H and O–H groups in total. The van der Waals surface area contributed by atoms with Gasteiger partial charge in [0.2, 0.25) is 0 Å². The summed E-state index contributed by atoms with van der Waals surface area (Å²) >= 11 is 7.65. The van der Waals surface area contributed by atoms with Crippen molar-refractivity contribution in [1.29, 1.82) is 0 Å². The van der Waals surface area contributed by atoms with Gasteiger partial charge < -0.3 is 4.74 Å². The van der Waals surface area contributed by atoms with Crippen LogP contribution in [0.2, 0.25) is 5.02 Å². The molecule has 0 aliphatic carbocycles. The Morgan fingerprint density at radius 3 is 3.00 bits per heavy atom. The molecule has 1 unspecified atom stereocenters. The van der Waals surface area contributed by atoms with Crippen LogP contribution in [0.3, 0.4) is 0 Å². The summed E-state index contributed by atoms with van der Waals surface area (Å²) in [6, 6.07) is 4.19. The topological polar surface area (TPSA) is 33.3 Å². The zero-order valence-corrected chi connectivity index (χ0v) is 9.50. The lowest BCUT2D eigenvalue weighted by atomic mass is 10.1. The Kier molecular flexibility index (Phi) is 2.88. The van der Waals surface area contributed by atoms with E-state index in [1.807, 2.05) is 12.1 Å². The Labute approximate surface area is 92.3 Å². The van der Waals surface area contributed by atoms with Gasteiger partial charge in [0.15, 0.2) is 0 Å². The summed E-state index contributed by atoms with van der Waals surface area (Å²) in [5.41, 5.74) is 4.31. The maximum absolute atomic E-state index is 6.18. The lowest BCUT2D eigenvalue weighted by Gasteiger charge is -2.25. The van der Waals surface area contributed by atoms with E-state index in [9.17, 15) is 0 Å². The Morgan fingerprint density at radius 1 is 1.50 bits per heavy atom. The van der Waals surface area contributed by atoms with Gasteiger partial charge in [0.25, 0.3) is 0 Å². The predicted octanol–water partition coefficient (Wildman–Crippen LogP) is 2.52. The van der Waals surface area contributed by atoms with E-state index in [0.717, 1.165) is 4.90 Å². The van der Waals surface area contributed by atoms with Crippen molar-refractivity contribution >= 4 is 23.5 Å². The SMILES string of the molecule is COc1ccc2c(c1Cl)SNNC2C. The molecule has 1 aliphatic heterocycles. The van der Waals surface area contributed by atoms with Gasteiger partial charge in [-0.05, 0) is 30.5 Å². The number of halogens is 1. The number of hydrogen-bond donors (Lipinski definition) is 2. The molecule has 1 aromatic carbocycles. The Morgan fingerprint density at radius 2 is 2.29 bits per heavy atom. The molecule has 3 nitrogen and oxygen atoms in total. The molecule has 0 saturated heterocycles. The molecular weight excluding hydrogens is 220 g/mol. The van der Waals surface area contributed by atoms with Gasteiger partial charge in [0.05, 0.1) is 17.0 Å². The zero-order valence-electron chi connectivity index (χ0n) is 7.93. The van der Waals surface area contributed by atoms with Crippen LogP contribution < -0.4 is 15.0 Å². The van der Waals surface area contributed by atoms with E-state index in [2.05, 4.69) is 17.2 Å². The monoisotopic (exact) mass is 230 g/mol. The van der Waals surface area contributed by atoms with E-state index in [1.54, 1.807) is 7.11 Å². The van der Waals surface area contributed by atoms with E-state index >= 15 is 0 Å². The first-order chi connectivity index (χ1) is 6.74. The second-order valence-corrected chi connectivity index (χ2v) is 4.26. The molecular formula is C9H11ClN2OS. The van der Waals surface area contributed by atoms with E-state index in [4.69, 9.17) is 16.3 Å². The Balaban J connectivity index is 2.52. The summed E-state index contributed by atoms with van der Waals surface area (Å²) in [7, 11) is 1.62. The summed E-state index contributed by atoms with van der Waals surface area (Å²) in [5.74, 6) is 0.716. The van der Waals surface area contributed by atoms with Crippen molar-refractivity contribution in [2.45, 2.75) is 17.9 Å². The third kappa shape index (κ3) is 1.59. The lowest BCUT2D eigenvalue weighted by molar-refractivity contribution is 0.412. The van der Waals surface area contributed by atoms with Crippen LogP contribution in [0.25, 0.3) is 0 Å². The minimum absolute atomic E-state index is 0.259. The van der Waals surface area contributed by atoms with Crippen LogP contribution in [-0.4, -0.2) is 7.11 Å². The molecule has 0 aromatic heterocycles. The number of methoxy groups -OCH3 is 1. The second kappa shape index (κ2) is 3.98. The Bertz CT molecular complexity index is 359. The summed E-state index contributed by atoms with van der Waals surface area (Å²) in [5, 5.41) is 0.677. The first-order valence-corrected chi connectivity index (χ1v) is 5.47. The zero-order chi connectivity index (χ0) is 10.1. The predicted molar refractivity (Wildman–Crippen MR) is 58.5 cm³/mol. The van der Waals surface area contributed by atoms with Gasteiger partial charge in [0.1, 0.15) is 5.75 Å². The molecule has 0 radical (unpaired) electrons. The van der Waals surface area contributed by atoms with Crippen molar-refractivity contribution in [3.05, 3.63) is 22.7 Å². The fraction of sp³-hybridized carbons (Fsp3) is 0.333.